The molecule has 2 N–H and O–H groups in total. The Bertz CT molecular complexity index is 1010. The molecule has 0 saturated heterocycles. The SMILES string of the molecule is Cc1ccc(C2=CCC(C(F)(F)F)=NN2c2ccc(S(N)(=O)=O)cc2)cc1. The van der Waals surface area contributed by atoms with Crippen LogP contribution in [0.4, 0.5) is 18.9 Å². The first-order chi connectivity index (χ1) is 12.6. The number of nitrogens with two attached hydrogens (primary N) is 1. The maximum absolute atomic E-state index is 13.2. The van der Waals surface area contributed by atoms with Crippen LogP contribution in [-0.2, 0) is 10.0 Å². The van der Waals surface area contributed by atoms with Crippen LogP contribution in [0.2, 0.25) is 0 Å². The van der Waals surface area contributed by atoms with Gasteiger partial charge in [-0.3, -0.25) is 0 Å². The minimum atomic E-state index is -4.56. The lowest BCUT2D eigenvalue weighted by atomic mass is 10.1. The van der Waals surface area contributed by atoms with Gasteiger partial charge in [0.1, 0.15) is 5.71 Å². The summed E-state index contributed by atoms with van der Waals surface area (Å²) in [4.78, 5) is -0.135. The Morgan fingerprint density at radius 1 is 1.04 bits per heavy atom. The third-order valence-electron chi connectivity index (χ3n) is 4.02. The molecule has 1 aliphatic rings. The highest BCUT2D eigenvalue weighted by Crippen LogP contribution is 2.34. The summed E-state index contributed by atoms with van der Waals surface area (Å²) in [5, 5.41) is 10.00. The number of sulfonamides is 1. The van der Waals surface area contributed by atoms with E-state index < -0.39 is 21.9 Å². The monoisotopic (exact) mass is 395 g/mol. The zero-order valence-electron chi connectivity index (χ0n) is 14.2. The van der Waals surface area contributed by atoms with Crippen LogP contribution in [0.5, 0.6) is 0 Å². The minimum Gasteiger partial charge on any atom is -0.233 e. The molecule has 2 aromatic rings. The molecule has 0 atom stereocenters. The van der Waals surface area contributed by atoms with E-state index in [0.717, 1.165) is 10.6 Å². The first-order valence-corrected chi connectivity index (χ1v) is 9.45. The number of hydrogen-bond donors (Lipinski definition) is 1. The smallest absolute Gasteiger partial charge is 0.233 e. The molecule has 0 saturated carbocycles. The summed E-state index contributed by atoms with van der Waals surface area (Å²) in [5.41, 5.74) is 1.54. The maximum Gasteiger partial charge on any atom is 0.431 e. The summed E-state index contributed by atoms with van der Waals surface area (Å²) in [6, 6.07) is 12.5. The van der Waals surface area contributed by atoms with Gasteiger partial charge >= 0.3 is 6.18 Å². The average Bonchev–Trinajstić information content (AvgIpc) is 2.60. The number of aryl methyl sites for hydroxylation is 1. The van der Waals surface area contributed by atoms with E-state index in [4.69, 9.17) is 5.14 Å². The molecule has 0 aromatic heterocycles. The van der Waals surface area contributed by atoms with Crippen LogP contribution in [0.25, 0.3) is 5.70 Å². The standard InChI is InChI=1S/C18H16F3N3O2S/c1-12-2-4-13(5-3-12)16-10-11-17(18(19,20)21)23-24(16)14-6-8-15(9-7-14)27(22,25)26/h2-10H,11H2,1H3,(H2,22,25,26). The highest BCUT2D eigenvalue weighted by atomic mass is 32.2. The Morgan fingerprint density at radius 2 is 1.63 bits per heavy atom. The molecule has 0 fully saturated rings. The van der Waals surface area contributed by atoms with Crippen LogP contribution in [-0.4, -0.2) is 20.3 Å². The van der Waals surface area contributed by atoms with Crippen molar-refractivity contribution >= 4 is 27.1 Å². The van der Waals surface area contributed by atoms with Crippen molar-refractivity contribution < 1.29 is 21.6 Å². The number of benzene rings is 2. The molecule has 1 aliphatic heterocycles. The number of alkyl halides is 3. The number of primary sulfonamides is 1. The van der Waals surface area contributed by atoms with Gasteiger partial charge < -0.3 is 0 Å². The lowest BCUT2D eigenvalue weighted by molar-refractivity contribution is -0.0602. The summed E-state index contributed by atoms with van der Waals surface area (Å²) >= 11 is 0. The molecule has 2 aromatic carbocycles. The summed E-state index contributed by atoms with van der Waals surface area (Å²) in [6.07, 6.45) is -3.46. The van der Waals surface area contributed by atoms with Gasteiger partial charge in [0.15, 0.2) is 0 Å². The lowest BCUT2D eigenvalue weighted by Gasteiger charge is -2.28. The van der Waals surface area contributed by atoms with Crippen LogP contribution in [0.15, 0.2) is 64.6 Å². The van der Waals surface area contributed by atoms with Crippen molar-refractivity contribution in [3.05, 3.63) is 65.7 Å². The molecular weight excluding hydrogens is 379 g/mol. The predicted octanol–water partition coefficient (Wildman–Crippen LogP) is 3.81. The van der Waals surface area contributed by atoms with Gasteiger partial charge in [-0.15, -0.1) is 0 Å². The Hall–Kier alpha value is -2.65. The van der Waals surface area contributed by atoms with E-state index in [9.17, 15) is 21.6 Å². The van der Waals surface area contributed by atoms with Crippen LogP contribution in [0, 0.1) is 6.92 Å². The first-order valence-electron chi connectivity index (χ1n) is 7.90. The summed E-state index contributed by atoms with van der Waals surface area (Å²) in [6.45, 7) is 1.91. The fourth-order valence-electron chi connectivity index (χ4n) is 2.61. The molecule has 0 unspecified atom stereocenters. The number of hydrogen-bond acceptors (Lipinski definition) is 4. The second-order valence-electron chi connectivity index (χ2n) is 6.05. The highest BCUT2D eigenvalue weighted by molar-refractivity contribution is 7.89. The van der Waals surface area contributed by atoms with Gasteiger partial charge in [0.2, 0.25) is 10.0 Å². The molecule has 142 valence electrons. The van der Waals surface area contributed by atoms with E-state index in [-0.39, 0.29) is 17.0 Å². The van der Waals surface area contributed by atoms with Crippen molar-refractivity contribution in [2.24, 2.45) is 10.2 Å². The third kappa shape index (κ3) is 4.20. The Kier molecular flexibility index (Phi) is 4.83. The zero-order chi connectivity index (χ0) is 19.8. The molecule has 0 spiro atoms. The molecule has 9 heteroatoms. The van der Waals surface area contributed by atoms with Gasteiger partial charge in [0, 0.05) is 6.42 Å². The van der Waals surface area contributed by atoms with Crippen molar-refractivity contribution in [3.63, 3.8) is 0 Å². The van der Waals surface area contributed by atoms with Crippen molar-refractivity contribution in [1.82, 2.24) is 0 Å². The quantitative estimate of drug-likeness (QED) is 0.859. The van der Waals surface area contributed by atoms with Gasteiger partial charge in [-0.05, 0) is 36.8 Å². The number of hydrazone groups is 1. The molecule has 0 amide bonds. The molecule has 0 aliphatic carbocycles. The van der Waals surface area contributed by atoms with Crippen LogP contribution in [0.1, 0.15) is 17.5 Å². The molecule has 5 nitrogen and oxygen atoms in total. The van der Waals surface area contributed by atoms with Crippen LogP contribution >= 0.6 is 0 Å². The second-order valence-corrected chi connectivity index (χ2v) is 7.62. The van der Waals surface area contributed by atoms with Gasteiger partial charge in [-0.25, -0.2) is 18.6 Å². The van der Waals surface area contributed by atoms with Gasteiger partial charge in [0.05, 0.1) is 16.3 Å². The van der Waals surface area contributed by atoms with E-state index >= 15 is 0 Å². The van der Waals surface area contributed by atoms with Crippen molar-refractivity contribution in [2.75, 3.05) is 5.01 Å². The Morgan fingerprint density at radius 3 is 2.15 bits per heavy atom. The van der Waals surface area contributed by atoms with Crippen LogP contribution < -0.4 is 10.1 Å². The predicted molar refractivity (Wildman–Crippen MR) is 97.6 cm³/mol. The molecular formula is C18H16F3N3O2S. The van der Waals surface area contributed by atoms with E-state index in [2.05, 4.69) is 5.10 Å². The summed E-state index contributed by atoms with van der Waals surface area (Å²) in [7, 11) is -3.90. The topological polar surface area (TPSA) is 75.8 Å². The van der Waals surface area contributed by atoms with Crippen molar-refractivity contribution in [1.29, 1.82) is 0 Å². The third-order valence-corrected chi connectivity index (χ3v) is 4.95. The Labute approximate surface area is 154 Å². The van der Waals surface area contributed by atoms with Gasteiger partial charge in [-0.2, -0.15) is 18.3 Å². The minimum absolute atomic E-state index is 0.135. The molecule has 1 heterocycles. The van der Waals surface area contributed by atoms with E-state index in [1.54, 1.807) is 12.1 Å². The zero-order valence-corrected chi connectivity index (χ0v) is 15.1. The van der Waals surface area contributed by atoms with E-state index in [1.165, 1.54) is 30.3 Å². The molecule has 0 bridgehead atoms. The second kappa shape index (κ2) is 6.82. The number of halogens is 3. The fourth-order valence-corrected chi connectivity index (χ4v) is 3.12. The van der Waals surface area contributed by atoms with Gasteiger partial charge in [0.25, 0.3) is 0 Å². The van der Waals surface area contributed by atoms with E-state index in [0.29, 0.717) is 11.3 Å². The van der Waals surface area contributed by atoms with Crippen LogP contribution in [0.3, 0.4) is 0 Å². The Balaban J connectivity index is 2.07. The van der Waals surface area contributed by atoms with Crippen molar-refractivity contribution in [2.45, 2.75) is 24.4 Å². The fraction of sp³-hybridized carbons (Fsp3) is 0.167. The first kappa shape index (κ1) is 19.1. The normalized spacial score (nSPS) is 15.4. The number of nitrogens with zero attached hydrogens (tertiary/aromatic N) is 2. The lowest BCUT2D eigenvalue weighted by Crippen LogP contribution is -2.30. The molecule has 27 heavy (non-hydrogen) atoms. The number of allylic oxidation sites excluding steroid dienone is 1. The highest BCUT2D eigenvalue weighted by Gasteiger charge is 2.38. The molecule has 3 rings (SSSR count). The van der Waals surface area contributed by atoms with E-state index in [1.807, 2.05) is 19.1 Å². The van der Waals surface area contributed by atoms with Gasteiger partial charge in [-0.1, -0.05) is 35.9 Å². The number of rotatable bonds is 3. The van der Waals surface area contributed by atoms with Crippen molar-refractivity contribution in [3.8, 4) is 0 Å². The number of anilines is 1. The maximum atomic E-state index is 13.2. The molecule has 0 radical (unpaired) electrons. The summed E-state index contributed by atoms with van der Waals surface area (Å²) in [5.74, 6) is 0. The summed E-state index contributed by atoms with van der Waals surface area (Å²) < 4.78 is 62.2. The average molecular weight is 395 g/mol. The largest absolute Gasteiger partial charge is 0.431 e.